The molecule has 1 aromatic carbocycles. The molecule has 0 heterocycles. The van der Waals surface area contributed by atoms with Gasteiger partial charge in [0.15, 0.2) is 0 Å². The highest BCUT2D eigenvalue weighted by molar-refractivity contribution is 7.80. The van der Waals surface area contributed by atoms with E-state index in [2.05, 4.69) is 37.9 Å². The molecule has 1 aliphatic rings. The molecule has 0 radical (unpaired) electrons. The van der Waals surface area contributed by atoms with Crippen molar-refractivity contribution in [1.82, 2.24) is 0 Å². The topological polar surface area (TPSA) is 29.3 Å². The maximum atomic E-state index is 5.84. The van der Waals surface area contributed by atoms with Gasteiger partial charge in [-0.1, -0.05) is 38.2 Å². The Balaban J connectivity index is 2.24. The zero-order valence-corrected chi connectivity index (χ0v) is 12.9. The molecule has 104 valence electrons. The molecule has 1 saturated carbocycles. The van der Waals surface area contributed by atoms with Gasteiger partial charge in [0.25, 0.3) is 0 Å². The Morgan fingerprint density at radius 2 is 1.74 bits per heavy atom. The molecule has 0 aromatic heterocycles. The predicted octanol–water partition coefficient (Wildman–Crippen LogP) is 3.58. The highest BCUT2D eigenvalue weighted by atomic mass is 32.1. The molecule has 0 spiro atoms. The van der Waals surface area contributed by atoms with Gasteiger partial charge in [0.05, 0.1) is 0 Å². The van der Waals surface area contributed by atoms with Crippen LogP contribution in [-0.2, 0) is 0 Å². The van der Waals surface area contributed by atoms with Gasteiger partial charge < -0.3 is 10.6 Å². The number of hydrogen-bond acceptors (Lipinski definition) is 2. The second-order valence-electron chi connectivity index (χ2n) is 6.06. The zero-order valence-electron chi connectivity index (χ0n) is 12.1. The van der Waals surface area contributed by atoms with E-state index in [0.29, 0.717) is 11.0 Å². The molecule has 0 saturated heterocycles. The van der Waals surface area contributed by atoms with E-state index in [0.717, 1.165) is 17.4 Å². The van der Waals surface area contributed by atoms with Crippen LogP contribution in [-0.4, -0.2) is 18.1 Å². The van der Waals surface area contributed by atoms with E-state index in [1.54, 1.807) is 0 Å². The third-order valence-corrected chi connectivity index (χ3v) is 4.47. The maximum Gasteiger partial charge on any atom is 0.106 e. The van der Waals surface area contributed by atoms with Crippen molar-refractivity contribution in [3.05, 3.63) is 29.8 Å². The first-order chi connectivity index (χ1) is 8.99. The number of rotatable bonds is 3. The Labute approximate surface area is 122 Å². The minimum atomic E-state index is 0.486. The minimum Gasteiger partial charge on any atom is -0.389 e. The van der Waals surface area contributed by atoms with Crippen molar-refractivity contribution in [1.29, 1.82) is 0 Å². The van der Waals surface area contributed by atoms with Gasteiger partial charge in [-0.15, -0.1) is 0 Å². The fourth-order valence-electron chi connectivity index (χ4n) is 3.41. The van der Waals surface area contributed by atoms with Crippen molar-refractivity contribution in [2.24, 2.45) is 17.6 Å². The summed E-state index contributed by atoms with van der Waals surface area (Å²) in [5.41, 5.74) is 8.00. The predicted molar refractivity (Wildman–Crippen MR) is 86.7 cm³/mol. The van der Waals surface area contributed by atoms with Crippen molar-refractivity contribution in [3.63, 3.8) is 0 Å². The smallest absolute Gasteiger partial charge is 0.106 e. The summed E-state index contributed by atoms with van der Waals surface area (Å²) in [5.74, 6) is 1.60. The summed E-state index contributed by atoms with van der Waals surface area (Å²) in [6.45, 7) is 4.71. The van der Waals surface area contributed by atoms with Gasteiger partial charge in [0.2, 0.25) is 0 Å². The summed E-state index contributed by atoms with van der Waals surface area (Å²) in [7, 11) is 2.17. The molecule has 0 amide bonds. The summed E-state index contributed by atoms with van der Waals surface area (Å²) in [6, 6.07) is 8.79. The minimum absolute atomic E-state index is 0.486. The normalized spacial score (nSPS) is 27.0. The van der Waals surface area contributed by atoms with Crippen molar-refractivity contribution in [3.8, 4) is 0 Å². The molecular formula is C16H24N2S. The van der Waals surface area contributed by atoms with E-state index in [1.165, 1.54) is 24.9 Å². The van der Waals surface area contributed by atoms with Gasteiger partial charge in [-0.05, 0) is 43.2 Å². The van der Waals surface area contributed by atoms with Crippen LogP contribution in [0.25, 0.3) is 0 Å². The van der Waals surface area contributed by atoms with Crippen molar-refractivity contribution >= 4 is 22.9 Å². The molecule has 2 N–H and O–H groups in total. The second-order valence-corrected chi connectivity index (χ2v) is 6.50. The molecule has 19 heavy (non-hydrogen) atoms. The average molecular weight is 276 g/mol. The Bertz CT molecular complexity index is 448. The van der Waals surface area contributed by atoms with Crippen LogP contribution < -0.4 is 10.6 Å². The van der Waals surface area contributed by atoms with Gasteiger partial charge in [-0.2, -0.15) is 0 Å². The molecule has 2 rings (SSSR count). The molecule has 1 fully saturated rings. The van der Waals surface area contributed by atoms with Crippen LogP contribution in [0.5, 0.6) is 0 Å². The van der Waals surface area contributed by atoms with Crippen LogP contribution >= 0.6 is 12.2 Å². The van der Waals surface area contributed by atoms with E-state index in [9.17, 15) is 0 Å². The SMILES string of the molecule is CC1CC(C)CC(N(C)c2ccccc2C(N)=S)C1. The van der Waals surface area contributed by atoms with Gasteiger partial charge >= 0.3 is 0 Å². The molecule has 2 atom stereocenters. The van der Waals surface area contributed by atoms with Crippen molar-refractivity contribution in [2.75, 3.05) is 11.9 Å². The lowest BCUT2D eigenvalue weighted by molar-refractivity contribution is 0.264. The Morgan fingerprint density at radius 1 is 1.16 bits per heavy atom. The van der Waals surface area contributed by atoms with Crippen LogP contribution in [0.2, 0.25) is 0 Å². The van der Waals surface area contributed by atoms with E-state index in [-0.39, 0.29) is 0 Å². The van der Waals surface area contributed by atoms with Crippen molar-refractivity contribution in [2.45, 2.75) is 39.2 Å². The molecule has 0 aliphatic heterocycles. The number of nitrogens with zero attached hydrogens (tertiary/aromatic N) is 1. The average Bonchev–Trinajstić information content (AvgIpc) is 2.36. The summed E-state index contributed by atoms with van der Waals surface area (Å²) in [5, 5.41) is 0. The number of para-hydroxylation sites is 1. The van der Waals surface area contributed by atoms with Crippen molar-refractivity contribution < 1.29 is 0 Å². The fraction of sp³-hybridized carbons (Fsp3) is 0.562. The molecule has 1 aromatic rings. The monoisotopic (exact) mass is 276 g/mol. The lowest BCUT2D eigenvalue weighted by atomic mass is 9.79. The zero-order chi connectivity index (χ0) is 14.0. The number of hydrogen-bond donors (Lipinski definition) is 1. The summed E-state index contributed by atoms with van der Waals surface area (Å²) in [6.07, 6.45) is 3.86. The van der Waals surface area contributed by atoms with E-state index < -0.39 is 0 Å². The fourth-order valence-corrected chi connectivity index (χ4v) is 3.58. The Hall–Kier alpha value is -1.09. The first kappa shape index (κ1) is 14.3. The Kier molecular flexibility index (Phi) is 4.46. The quantitative estimate of drug-likeness (QED) is 0.856. The summed E-state index contributed by atoms with van der Waals surface area (Å²) >= 11 is 5.17. The standard InChI is InChI=1S/C16H24N2S/c1-11-8-12(2)10-13(9-11)18(3)15-7-5-4-6-14(15)16(17)19/h4-7,11-13H,8-10H2,1-3H3,(H2,17,19). The molecule has 1 aliphatic carbocycles. The van der Waals surface area contributed by atoms with Gasteiger partial charge in [0.1, 0.15) is 4.99 Å². The number of nitrogens with two attached hydrogens (primary N) is 1. The highest BCUT2D eigenvalue weighted by Crippen LogP contribution is 2.34. The van der Waals surface area contributed by atoms with Gasteiger partial charge in [-0.3, -0.25) is 0 Å². The van der Waals surface area contributed by atoms with E-state index >= 15 is 0 Å². The maximum absolute atomic E-state index is 5.84. The lowest BCUT2D eigenvalue weighted by Crippen LogP contribution is -2.38. The second kappa shape index (κ2) is 5.91. The van der Waals surface area contributed by atoms with Gasteiger partial charge in [0, 0.05) is 24.3 Å². The highest BCUT2D eigenvalue weighted by Gasteiger charge is 2.27. The lowest BCUT2D eigenvalue weighted by Gasteiger charge is -2.39. The summed E-state index contributed by atoms with van der Waals surface area (Å²) < 4.78 is 0. The largest absolute Gasteiger partial charge is 0.389 e. The van der Waals surface area contributed by atoms with E-state index in [4.69, 9.17) is 18.0 Å². The third-order valence-electron chi connectivity index (χ3n) is 4.25. The van der Waals surface area contributed by atoms with E-state index in [1.807, 2.05) is 12.1 Å². The third kappa shape index (κ3) is 3.27. The molecule has 0 bridgehead atoms. The molecular weight excluding hydrogens is 252 g/mol. The van der Waals surface area contributed by atoms with Gasteiger partial charge in [-0.25, -0.2) is 0 Å². The number of anilines is 1. The van der Waals surface area contributed by atoms with Crippen LogP contribution in [0.1, 0.15) is 38.7 Å². The molecule has 2 unspecified atom stereocenters. The molecule has 3 heteroatoms. The van der Waals surface area contributed by atoms with Crippen LogP contribution in [0, 0.1) is 11.8 Å². The first-order valence-corrected chi connectivity index (χ1v) is 7.51. The number of thiocarbonyl (C=S) groups is 1. The van der Waals surface area contributed by atoms with Crippen LogP contribution in [0.4, 0.5) is 5.69 Å². The van der Waals surface area contributed by atoms with Crippen LogP contribution in [0.15, 0.2) is 24.3 Å². The molecule has 2 nitrogen and oxygen atoms in total. The van der Waals surface area contributed by atoms with Crippen LogP contribution in [0.3, 0.4) is 0 Å². The summed E-state index contributed by atoms with van der Waals surface area (Å²) in [4.78, 5) is 2.86. The first-order valence-electron chi connectivity index (χ1n) is 7.10. The number of benzene rings is 1. The Morgan fingerprint density at radius 3 is 2.32 bits per heavy atom.